The maximum absolute atomic E-state index is 12.0. The van der Waals surface area contributed by atoms with E-state index >= 15 is 0 Å². The van der Waals surface area contributed by atoms with Gasteiger partial charge >= 0.3 is 5.97 Å². The molecule has 1 aromatic carbocycles. The fraction of sp³-hybridized carbons (Fsp3) is 0.294. The van der Waals surface area contributed by atoms with Gasteiger partial charge in [-0.25, -0.2) is 4.79 Å². The number of ether oxygens (including phenoxy) is 1. The monoisotopic (exact) mass is 300 g/mol. The third-order valence-corrected chi connectivity index (χ3v) is 2.72. The molecule has 1 heterocycles. The maximum Gasteiger partial charge on any atom is 0.374 e. The largest absolute Gasteiger partial charge is 0.460 e. The SMILES string of the molecule is CCOC(=O)c1cc(=O)c2ccc(C#CC(C)(C)O)cc2o1. The number of rotatable bonds is 2. The van der Waals surface area contributed by atoms with Gasteiger partial charge in [0.2, 0.25) is 5.76 Å². The Kier molecular flexibility index (Phi) is 4.34. The first-order chi connectivity index (χ1) is 10.3. The summed E-state index contributed by atoms with van der Waals surface area (Å²) in [7, 11) is 0. The van der Waals surface area contributed by atoms with Gasteiger partial charge in [0, 0.05) is 11.6 Å². The lowest BCUT2D eigenvalue weighted by molar-refractivity contribution is 0.0490. The second kappa shape index (κ2) is 6.04. The molecule has 5 nitrogen and oxygen atoms in total. The van der Waals surface area contributed by atoms with Crippen molar-refractivity contribution in [2.24, 2.45) is 0 Å². The van der Waals surface area contributed by atoms with Crippen molar-refractivity contribution in [1.82, 2.24) is 0 Å². The van der Waals surface area contributed by atoms with Gasteiger partial charge in [0.05, 0.1) is 12.0 Å². The number of hydrogen-bond donors (Lipinski definition) is 1. The van der Waals surface area contributed by atoms with E-state index < -0.39 is 11.6 Å². The quantitative estimate of drug-likeness (QED) is 0.679. The fourth-order valence-electron chi connectivity index (χ4n) is 1.76. The van der Waals surface area contributed by atoms with Crippen LogP contribution in [0.5, 0.6) is 0 Å². The summed E-state index contributed by atoms with van der Waals surface area (Å²) in [6.07, 6.45) is 0. The molecule has 0 aliphatic rings. The lowest BCUT2D eigenvalue weighted by Gasteiger charge is -2.06. The van der Waals surface area contributed by atoms with Crippen molar-refractivity contribution < 1.29 is 19.1 Å². The number of carbonyl (C=O) groups excluding carboxylic acids is 1. The van der Waals surface area contributed by atoms with E-state index in [1.54, 1.807) is 39.0 Å². The van der Waals surface area contributed by atoms with E-state index in [0.717, 1.165) is 6.07 Å². The molecule has 0 aliphatic carbocycles. The molecule has 0 unspecified atom stereocenters. The van der Waals surface area contributed by atoms with Gasteiger partial charge in [-0.3, -0.25) is 4.79 Å². The molecule has 1 N–H and O–H groups in total. The van der Waals surface area contributed by atoms with E-state index in [9.17, 15) is 14.7 Å². The maximum atomic E-state index is 12.0. The van der Waals surface area contributed by atoms with E-state index in [2.05, 4.69) is 11.8 Å². The predicted molar refractivity (Wildman–Crippen MR) is 81.6 cm³/mol. The molecule has 0 bridgehead atoms. The number of carbonyl (C=O) groups is 1. The molecule has 0 radical (unpaired) electrons. The van der Waals surface area contributed by atoms with E-state index in [1.165, 1.54) is 0 Å². The molecular formula is C17H16O5. The zero-order valence-electron chi connectivity index (χ0n) is 12.6. The Hall–Kier alpha value is -2.58. The van der Waals surface area contributed by atoms with Gasteiger partial charge in [-0.15, -0.1) is 0 Å². The van der Waals surface area contributed by atoms with E-state index in [-0.39, 0.29) is 23.4 Å². The molecule has 0 saturated carbocycles. The topological polar surface area (TPSA) is 76.7 Å². The Morgan fingerprint density at radius 3 is 2.73 bits per heavy atom. The zero-order valence-corrected chi connectivity index (χ0v) is 12.6. The van der Waals surface area contributed by atoms with Crippen LogP contribution in [-0.2, 0) is 4.74 Å². The minimum atomic E-state index is -1.12. The molecule has 0 saturated heterocycles. The third kappa shape index (κ3) is 3.74. The highest BCUT2D eigenvalue weighted by molar-refractivity contribution is 5.89. The first-order valence-corrected chi connectivity index (χ1v) is 6.81. The van der Waals surface area contributed by atoms with Crippen LogP contribution >= 0.6 is 0 Å². The van der Waals surface area contributed by atoms with Gasteiger partial charge in [-0.05, 0) is 39.0 Å². The van der Waals surface area contributed by atoms with E-state index in [1.807, 2.05) is 0 Å². The number of fused-ring (bicyclic) bond motifs is 1. The Morgan fingerprint density at radius 2 is 2.09 bits per heavy atom. The molecule has 1 aromatic heterocycles. The minimum absolute atomic E-state index is 0.146. The van der Waals surface area contributed by atoms with Crippen LogP contribution in [0.3, 0.4) is 0 Å². The molecule has 114 valence electrons. The average Bonchev–Trinajstić information content (AvgIpc) is 2.44. The lowest BCUT2D eigenvalue weighted by atomic mass is 10.1. The summed E-state index contributed by atoms with van der Waals surface area (Å²) in [6.45, 7) is 5.00. The van der Waals surface area contributed by atoms with Crippen molar-refractivity contribution in [2.75, 3.05) is 6.61 Å². The first-order valence-electron chi connectivity index (χ1n) is 6.81. The van der Waals surface area contributed by atoms with Crippen LogP contribution in [0.25, 0.3) is 11.0 Å². The Morgan fingerprint density at radius 1 is 1.36 bits per heavy atom. The Labute approximate surface area is 127 Å². The van der Waals surface area contributed by atoms with Crippen LogP contribution in [0.2, 0.25) is 0 Å². The zero-order chi connectivity index (χ0) is 16.3. The predicted octanol–water partition coefficient (Wildman–Crippen LogP) is 2.09. The van der Waals surface area contributed by atoms with Crippen LogP contribution in [0.15, 0.2) is 33.5 Å². The van der Waals surface area contributed by atoms with Gasteiger partial charge < -0.3 is 14.3 Å². The van der Waals surface area contributed by atoms with Crippen LogP contribution in [0, 0.1) is 11.8 Å². The van der Waals surface area contributed by atoms with Crippen LogP contribution in [-0.4, -0.2) is 23.3 Å². The summed E-state index contributed by atoms with van der Waals surface area (Å²) in [5.41, 5.74) is -0.633. The van der Waals surface area contributed by atoms with Crippen molar-refractivity contribution in [1.29, 1.82) is 0 Å². The normalized spacial score (nSPS) is 10.9. The van der Waals surface area contributed by atoms with Gasteiger partial charge in [0.25, 0.3) is 0 Å². The van der Waals surface area contributed by atoms with Gasteiger partial charge in [0.15, 0.2) is 5.43 Å². The number of hydrogen-bond acceptors (Lipinski definition) is 5. The summed E-state index contributed by atoms with van der Waals surface area (Å²) in [5.74, 6) is 4.63. The van der Waals surface area contributed by atoms with Crippen molar-refractivity contribution in [3.05, 3.63) is 45.8 Å². The van der Waals surface area contributed by atoms with Crippen LogP contribution in [0.1, 0.15) is 36.9 Å². The van der Waals surface area contributed by atoms with Crippen molar-refractivity contribution >= 4 is 16.9 Å². The third-order valence-electron chi connectivity index (χ3n) is 2.72. The number of benzene rings is 1. The highest BCUT2D eigenvalue weighted by atomic mass is 16.5. The smallest absolute Gasteiger partial charge is 0.374 e. The second-order valence-corrected chi connectivity index (χ2v) is 5.22. The summed E-state index contributed by atoms with van der Waals surface area (Å²) in [5, 5.41) is 9.95. The molecule has 0 fully saturated rings. The number of aliphatic hydroxyl groups is 1. The molecule has 0 spiro atoms. The Bertz CT molecular complexity index is 828. The molecule has 22 heavy (non-hydrogen) atoms. The van der Waals surface area contributed by atoms with Crippen LogP contribution in [0.4, 0.5) is 0 Å². The minimum Gasteiger partial charge on any atom is -0.460 e. The first kappa shape index (κ1) is 15.8. The van der Waals surface area contributed by atoms with Crippen molar-refractivity contribution in [2.45, 2.75) is 26.4 Å². The molecule has 0 atom stereocenters. The van der Waals surface area contributed by atoms with Gasteiger partial charge in [0.1, 0.15) is 11.2 Å². The van der Waals surface area contributed by atoms with Gasteiger partial charge in [-0.2, -0.15) is 0 Å². The molecule has 2 aromatic rings. The molecule has 5 heteroatoms. The molecular weight excluding hydrogens is 284 g/mol. The highest BCUT2D eigenvalue weighted by Crippen LogP contribution is 2.15. The molecule has 2 rings (SSSR count). The summed E-state index contributed by atoms with van der Waals surface area (Å²) in [4.78, 5) is 23.7. The highest BCUT2D eigenvalue weighted by Gasteiger charge is 2.13. The summed E-state index contributed by atoms with van der Waals surface area (Å²) >= 11 is 0. The fourth-order valence-corrected chi connectivity index (χ4v) is 1.76. The second-order valence-electron chi connectivity index (χ2n) is 5.22. The van der Waals surface area contributed by atoms with Crippen molar-refractivity contribution in [3.8, 4) is 11.8 Å². The lowest BCUT2D eigenvalue weighted by Crippen LogP contribution is -2.14. The summed E-state index contributed by atoms with van der Waals surface area (Å²) in [6, 6.07) is 5.90. The summed E-state index contributed by atoms with van der Waals surface area (Å²) < 4.78 is 10.2. The Balaban J connectivity index is 2.52. The molecule has 0 aliphatic heterocycles. The average molecular weight is 300 g/mol. The van der Waals surface area contributed by atoms with Crippen LogP contribution < -0.4 is 5.43 Å². The van der Waals surface area contributed by atoms with Gasteiger partial charge in [-0.1, -0.05) is 11.8 Å². The van der Waals surface area contributed by atoms with E-state index in [4.69, 9.17) is 9.15 Å². The van der Waals surface area contributed by atoms with E-state index in [0.29, 0.717) is 10.9 Å². The standard InChI is InChI=1S/C17H16O5/c1-4-21-16(19)15-10-13(18)12-6-5-11(9-14(12)22-15)7-8-17(2,3)20/h5-6,9-10,20H,4H2,1-3H3. The van der Waals surface area contributed by atoms with Crippen molar-refractivity contribution in [3.63, 3.8) is 0 Å². The molecule has 0 amide bonds. The number of esters is 1.